The summed E-state index contributed by atoms with van der Waals surface area (Å²) in [5.74, 6) is -0.0895. The van der Waals surface area contributed by atoms with Gasteiger partial charge in [0.2, 0.25) is 0 Å². The highest BCUT2D eigenvalue weighted by atomic mass is 32.1. The smallest absolute Gasteiger partial charge is 0.0929 e. The largest absolute Gasteiger partial charge is 0.396 e. The van der Waals surface area contributed by atoms with E-state index in [2.05, 4.69) is 11.0 Å². The summed E-state index contributed by atoms with van der Waals surface area (Å²) in [6.45, 7) is 5.29. The van der Waals surface area contributed by atoms with Crippen LogP contribution in [-0.2, 0) is 6.54 Å². The molecule has 96 valence electrons. The standard InChI is InChI=1S/C13H21NO2S/c1-10(9-15)13(16)12-5-4-11(17-12)8-14-6-2-3-7-14/h4-5,10,13,15-16H,2-3,6-9H2,1H3. The summed E-state index contributed by atoms with van der Waals surface area (Å²) < 4.78 is 0. The molecule has 0 aliphatic carbocycles. The second-order valence-electron chi connectivity index (χ2n) is 4.89. The van der Waals surface area contributed by atoms with Gasteiger partial charge < -0.3 is 10.2 Å². The summed E-state index contributed by atoms with van der Waals surface area (Å²) in [6.07, 6.45) is 2.09. The van der Waals surface area contributed by atoms with Crippen LogP contribution < -0.4 is 0 Å². The van der Waals surface area contributed by atoms with Crippen LogP contribution in [-0.4, -0.2) is 34.8 Å². The van der Waals surface area contributed by atoms with Crippen molar-refractivity contribution in [2.45, 2.75) is 32.4 Å². The van der Waals surface area contributed by atoms with Gasteiger partial charge in [-0.05, 0) is 38.1 Å². The van der Waals surface area contributed by atoms with Crippen LogP contribution in [0.15, 0.2) is 12.1 Å². The monoisotopic (exact) mass is 255 g/mol. The van der Waals surface area contributed by atoms with Crippen molar-refractivity contribution in [3.05, 3.63) is 21.9 Å². The molecule has 2 N–H and O–H groups in total. The molecule has 1 saturated heterocycles. The molecule has 0 bridgehead atoms. The Balaban J connectivity index is 1.95. The highest BCUT2D eigenvalue weighted by Gasteiger charge is 2.18. The fourth-order valence-corrected chi connectivity index (χ4v) is 3.35. The Hall–Kier alpha value is -0.420. The zero-order valence-corrected chi connectivity index (χ0v) is 11.1. The van der Waals surface area contributed by atoms with Gasteiger partial charge in [-0.25, -0.2) is 0 Å². The minimum atomic E-state index is -0.530. The van der Waals surface area contributed by atoms with Gasteiger partial charge in [0.25, 0.3) is 0 Å². The van der Waals surface area contributed by atoms with Crippen LogP contribution in [0.1, 0.15) is 35.6 Å². The minimum absolute atomic E-state index is 0.0283. The number of aliphatic hydroxyl groups excluding tert-OH is 2. The molecule has 1 fully saturated rings. The predicted molar refractivity (Wildman–Crippen MR) is 70.0 cm³/mol. The van der Waals surface area contributed by atoms with E-state index in [1.807, 2.05) is 13.0 Å². The van der Waals surface area contributed by atoms with Crippen molar-refractivity contribution in [2.24, 2.45) is 5.92 Å². The number of hydrogen-bond acceptors (Lipinski definition) is 4. The van der Waals surface area contributed by atoms with Gasteiger partial charge >= 0.3 is 0 Å². The van der Waals surface area contributed by atoms with Gasteiger partial charge in [0.1, 0.15) is 0 Å². The van der Waals surface area contributed by atoms with Crippen molar-refractivity contribution in [3.63, 3.8) is 0 Å². The maximum atomic E-state index is 10.0. The topological polar surface area (TPSA) is 43.7 Å². The van der Waals surface area contributed by atoms with Crippen LogP contribution >= 0.6 is 11.3 Å². The molecule has 2 atom stereocenters. The maximum absolute atomic E-state index is 10.0. The van der Waals surface area contributed by atoms with E-state index in [0.29, 0.717) is 0 Å². The summed E-state index contributed by atoms with van der Waals surface area (Å²) in [5, 5.41) is 19.0. The Morgan fingerprint density at radius 2 is 2.06 bits per heavy atom. The minimum Gasteiger partial charge on any atom is -0.396 e. The normalized spacial score (nSPS) is 20.6. The molecule has 2 unspecified atom stereocenters. The van der Waals surface area contributed by atoms with Crippen molar-refractivity contribution in [1.82, 2.24) is 4.90 Å². The summed E-state index contributed by atoms with van der Waals surface area (Å²) >= 11 is 1.67. The third-order valence-electron chi connectivity index (χ3n) is 3.38. The molecule has 2 rings (SSSR count). The fraction of sp³-hybridized carbons (Fsp3) is 0.692. The molecule has 1 aromatic rings. The van der Waals surface area contributed by atoms with Crippen molar-refractivity contribution < 1.29 is 10.2 Å². The molecule has 1 aliphatic heterocycles. The average molecular weight is 255 g/mol. The number of thiophene rings is 1. The van der Waals surface area contributed by atoms with Gasteiger partial charge in [-0.15, -0.1) is 11.3 Å². The summed E-state index contributed by atoms with van der Waals surface area (Å²) in [4.78, 5) is 4.74. The molecular formula is C13H21NO2S. The lowest BCUT2D eigenvalue weighted by molar-refractivity contribution is 0.0797. The van der Waals surface area contributed by atoms with E-state index < -0.39 is 6.10 Å². The number of aliphatic hydroxyl groups is 2. The van der Waals surface area contributed by atoms with Crippen molar-refractivity contribution in [3.8, 4) is 0 Å². The Bertz CT molecular complexity index is 347. The number of hydrogen-bond donors (Lipinski definition) is 2. The first-order chi connectivity index (χ1) is 8.20. The van der Waals surface area contributed by atoms with Gasteiger partial charge in [-0.2, -0.15) is 0 Å². The summed E-state index contributed by atoms with van der Waals surface area (Å²) in [6, 6.07) is 4.10. The molecule has 1 aromatic heterocycles. The van der Waals surface area contributed by atoms with Crippen molar-refractivity contribution in [2.75, 3.05) is 19.7 Å². The molecule has 0 spiro atoms. The lowest BCUT2D eigenvalue weighted by Gasteiger charge is -2.15. The quantitative estimate of drug-likeness (QED) is 0.846. The lowest BCUT2D eigenvalue weighted by Crippen LogP contribution is -2.17. The van der Waals surface area contributed by atoms with E-state index in [4.69, 9.17) is 5.11 Å². The molecule has 0 saturated carbocycles. The maximum Gasteiger partial charge on any atom is 0.0929 e. The number of rotatable bonds is 5. The Kier molecular flexibility index (Phi) is 4.56. The number of nitrogens with zero attached hydrogens (tertiary/aromatic N) is 1. The SMILES string of the molecule is CC(CO)C(O)c1ccc(CN2CCCC2)s1. The van der Waals surface area contributed by atoms with Crippen LogP contribution in [0.2, 0.25) is 0 Å². The first kappa shape index (κ1) is 13.0. The van der Waals surface area contributed by atoms with E-state index >= 15 is 0 Å². The Labute approximate surface area is 107 Å². The van der Waals surface area contributed by atoms with E-state index in [-0.39, 0.29) is 12.5 Å². The molecule has 2 heterocycles. The van der Waals surface area contributed by atoms with E-state index in [1.165, 1.54) is 30.8 Å². The molecule has 0 amide bonds. The Morgan fingerprint density at radius 1 is 1.35 bits per heavy atom. The third-order valence-corrected chi connectivity index (χ3v) is 4.52. The lowest BCUT2D eigenvalue weighted by atomic mass is 10.1. The van der Waals surface area contributed by atoms with Gasteiger partial charge in [-0.1, -0.05) is 6.92 Å². The van der Waals surface area contributed by atoms with Crippen LogP contribution in [0.4, 0.5) is 0 Å². The molecule has 4 heteroatoms. The molecule has 0 radical (unpaired) electrons. The van der Waals surface area contributed by atoms with E-state index in [1.54, 1.807) is 11.3 Å². The van der Waals surface area contributed by atoms with Gasteiger partial charge in [-0.3, -0.25) is 4.90 Å². The first-order valence-electron chi connectivity index (χ1n) is 6.30. The van der Waals surface area contributed by atoms with Crippen LogP contribution in [0.5, 0.6) is 0 Å². The highest BCUT2D eigenvalue weighted by molar-refractivity contribution is 7.12. The summed E-state index contributed by atoms with van der Waals surface area (Å²) in [7, 11) is 0. The molecule has 0 aromatic carbocycles. The molecular weight excluding hydrogens is 234 g/mol. The fourth-order valence-electron chi connectivity index (χ4n) is 2.18. The van der Waals surface area contributed by atoms with Crippen LogP contribution in [0.3, 0.4) is 0 Å². The summed E-state index contributed by atoms with van der Waals surface area (Å²) in [5.41, 5.74) is 0. The highest BCUT2D eigenvalue weighted by Crippen LogP contribution is 2.29. The van der Waals surface area contributed by atoms with Crippen molar-refractivity contribution >= 4 is 11.3 Å². The molecule has 1 aliphatic rings. The van der Waals surface area contributed by atoms with Gasteiger partial charge in [0.05, 0.1) is 6.10 Å². The van der Waals surface area contributed by atoms with Crippen molar-refractivity contribution in [1.29, 1.82) is 0 Å². The average Bonchev–Trinajstić information content (AvgIpc) is 2.99. The zero-order valence-electron chi connectivity index (χ0n) is 10.3. The van der Waals surface area contributed by atoms with E-state index in [0.717, 1.165) is 11.4 Å². The number of likely N-dealkylation sites (tertiary alicyclic amines) is 1. The second kappa shape index (κ2) is 5.96. The van der Waals surface area contributed by atoms with Crippen LogP contribution in [0, 0.1) is 5.92 Å². The predicted octanol–water partition coefficient (Wildman–Crippen LogP) is 2.01. The molecule has 17 heavy (non-hydrogen) atoms. The van der Waals surface area contributed by atoms with Crippen LogP contribution in [0.25, 0.3) is 0 Å². The molecule has 3 nitrogen and oxygen atoms in total. The first-order valence-corrected chi connectivity index (χ1v) is 7.12. The third kappa shape index (κ3) is 3.28. The van der Waals surface area contributed by atoms with Gasteiger partial charge in [0.15, 0.2) is 0 Å². The van der Waals surface area contributed by atoms with Gasteiger partial charge in [0, 0.05) is 28.8 Å². The Morgan fingerprint density at radius 3 is 2.71 bits per heavy atom. The van der Waals surface area contributed by atoms with E-state index in [9.17, 15) is 5.11 Å². The second-order valence-corrected chi connectivity index (χ2v) is 6.09. The zero-order chi connectivity index (χ0) is 12.3.